The highest BCUT2D eigenvalue weighted by atomic mass is 16.3. The summed E-state index contributed by atoms with van der Waals surface area (Å²) in [6.45, 7) is 10.4. The number of hydrogen-bond acceptors (Lipinski definition) is 3. The fraction of sp³-hybridized carbons (Fsp3) is 0.692. The number of nitrogens with two attached hydrogens (primary N) is 1. The molecular weight excluding hydrogens is 200 g/mol. The SMILES string of the molecule is CCN(Cc1ccco1)CC(CN)C(C)C. The van der Waals surface area contributed by atoms with Crippen LogP contribution in [0.25, 0.3) is 0 Å². The van der Waals surface area contributed by atoms with Crippen molar-refractivity contribution in [3.8, 4) is 0 Å². The van der Waals surface area contributed by atoms with Gasteiger partial charge in [-0.1, -0.05) is 20.8 Å². The lowest BCUT2D eigenvalue weighted by Gasteiger charge is -2.27. The van der Waals surface area contributed by atoms with Gasteiger partial charge in [-0.2, -0.15) is 0 Å². The molecule has 1 heterocycles. The summed E-state index contributed by atoms with van der Waals surface area (Å²) in [6.07, 6.45) is 1.73. The van der Waals surface area contributed by atoms with E-state index in [0.29, 0.717) is 11.8 Å². The molecule has 0 spiro atoms. The van der Waals surface area contributed by atoms with E-state index >= 15 is 0 Å². The summed E-state index contributed by atoms with van der Waals surface area (Å²) in [5.74, 6) is 2.23. The van der Waals surface area contributed by atoms with E-state index in [1.165, 1.54) is 0 Å². The summed E-state index contributed by atoms with van der Waals surface area (Å²) in [4.78, 5) is 2.39. The first-order valence-corrected chi connectivity index (χ1v) is 6.12. The molecule has 92 valence electrons. The Kier molecular flexibility index (Phi) is 5.56. The molecule has 0 saturated carbocycles. The molecule has 0 amide bonds. The quantitative estimate of drug-likeness (QED) is 0.773. The molecule has 1 atom stereocenters. The summed E-state index contributed by atoms with van der Waals surface area (Å²) in [5, 5.41) is 0. The van der Waals surface area contributed by atoms with E-state index in [9.17, 15) is 0 Å². The zero-order valence-electron chi connectivity index (χ0n) is 10.6. The van der Waals surface area contributed by atoms with E-state index in [4.69, 9.17) is 10.2 Å². The lowest BCUT2D eigenvalue weighted by atomic mass is 9.95. The van der Waals surface area contributed by atoms with Crippen molar-refractivity contribution in [2.75, 3.05) is 19.6 Å². The highest BCUT2D eigenvalue weighted by Gasteiger charge is 2.16. The van der Waals surface area contributed by atoms with Crippen molar-refractivity contribution in [2.24, 2.45) is 17.6 Å². The van der Waals surface area contributed by atoms with E-state index < -0.39 is 0 Å². The minimum atomic E-state index is 0.565. The zero-order valence-corrected chi connectivity index (χ0v) is 10.6. The molecule has 0 aliphatic rings. The van der Waals surface area contributed by atoms with Gasteiger partial charge in [0.05, 0.1) is 12.8 Å². The predicted octanol–water partition coefficient (Wildman–Crippen LogP) is 2.33. The number of rotatable bonds is 7. The molecule has 3 heteroatoms. The molecule has 3 nitrogen and oxygen atoms in total. The second kappa shape index (κ2) is 6.71. The largest absolute Gasteiger partial charge is 0.468 e. The van der Waals surface area contributed by atoms with Gasteiger partial charge in [-0.15, -0.1) is 0 Å². The first-order chi connectivity index (χ1) is 7.67. The average Bonchev–Trinajstić information content (AvgIpc) is 2.76. The van der Waals surface area contributed by atoms with Crippen LogP contribution >= 0.6 is 0 Å². The van der Waals surface area contributed by atoms with Gasteiger partial charge < -0.3 is 10.2 Å². The van der Waals surface area contributed by atoms with Crippen molar-refractivity contribution in [3.05, 3.63) is 24.2 Å². The maximum absolute atomic E-state index is 5.80. The maximum atomic E-state index is 5.80. The Labute approximate surface area is 98.6 Å². The van der Waals surface area contributed by atoms with Crippen molar-refractivity contribution < 1.29 is 4.42 Å². The van der Waals surface area contributed by atoms with Crippen LogP contribution in [0.5, 0.6) is 0 Å². The minimum Gasteiger partial charge on any atom is -0.468 e. The van der Waals surface area contributed by atoms with Crippen molar-refractivity contribution in [3.63, 3.8) is 0 Å². The third-order valence-corrected chi connectivity index (χ3v) is 3.15. The summed E-state index contributed by atoms with van der Waals surface area (Å²) in [6, 6.07) is 3.96. The Hall–Kier alpha value is -0.800. The Morgan fingerprint density at radius 3 is 2.62 bits per heavy atom. The fourth-order valence-corrected chi connectivity index (χ4v) is 1.82. The van der Waals surface area contributed by atoms with Crippen molar-refractivity contribution in [2.45, 2.75) is 27.3 Å². The first kappa shape index (κ1) is 13.3. The molecule has 0 aliphatic heterocycles. The van der Waals surface area contributed by atoms with E-state index in [0.717, 1.165) is 31.9 Å². The molecule has 0 saturated heterocycles. The van der Waals surface area contributed by atoms with E-state index in [1.807, 2.05) is 12.1 Å². The van der Waals surface area contributed by atoms with Crippen molar-refractivity contribution >= 4 is 0 Å². The van der Waals surface area contributed by atoms with Gasteiger partial charge in [-0.3, -0.25) is 4.90 Å². The molecule has 1 aromatic heterocycles. The predicted molar refractivity (Wildman–Crippen MR) is 67.0 cm³/mol. The second-order valence-corrected chi connectivity index (χ2v) is 4.65. The highest BCUT2D eigenvalue weighted by Crippen LogP contribution is 2.13. The third-order valence-electron chi connectivity index (χ3n) is 3.15. The molecule has 1 aromatic rings. The van der Waals surface area contributed by atoms with Crippen LogP contribution in [-0.2, 0) is 6.54 Å². The Bertz CT molecular complexity index is 269. The molecule has 0 fully saturated rings. The minimum absolute atomic E-state index is 0.565. The van der Waals surface area contributed by atoms with Gasteiger partial charge in [-0.05, 0) is 37.1 Å². The molecule has 16 heavy (non-hydrogen) atoms. The van der Waals surface area contributed by atoms with Gasteiger partial charge in [0.2, 0.25) is 0 Å². The van der Waals surface area contributed by atoms with Gasteiger partial charge in [0, 0.05) is 6.54 Å². The smallest absolute Gasteiger partial charge is 0.117 e. The second-order valence-electron chi connectivity index (χ2n) is 4.65. The number of nitrogens with zero attached hydrogens (tertiary/aromatic N) is 1. The molecule has 0 aromatic carbocycles. The van der Waals surface area contributed by atoms with Crippen LogP contribution < -0.4 is 5.73 Å². The van der Waals surface area contributed by atoms with Gasteiger partial charge >= 0.3 is 0 Å². The van der Waals surface area contributed by atoms with Gasteiger partial charge in [-0.25, -0.2) is 0 Å². The molecule has 2 N–H and O–H groups in total. The Morgan fingerprint density at radius 2 is 2.19 bits per heavy atom. The molecule has 1 rings (SSSR count). The van der Waals surface area contributed by atoms with E-state index in [2.05, 4.69) is 25.7 Å². The van der Waals surface area contributed by atoms with Crippen LogP contribution in [-0.4, -0.2) is 24.5 Å². The summed E-state index contributed by atoms with van der Waals surface area (Å²) in [7, 11) is 0. The zero-order chi connectivity index (χ0) is 12.0. The van der Waals surface area contributed by atoms with Crippen molar-refractivity contribution in [1.29, 1.82) is 0 Å². The fourth-order valence-electron chi connectivity index (χ4n) is 1.82. The number of furan rings is 1. The Morgan fingerprint density at radius 1 is 1.44 bits per heavy atom. The summed E-state index contributed by atoms with van der Waals surface area (Å²) >= 11 is 0. The van der Waals surface area contributed by atoms with Crippen LogP contribution in [0.4, 0.5) is 0 Å². The normalized spacial score (nSPS) is 13.6. The Balaban J connectivity index is 2.48. The van der Waals surface area contributed by atoms with Crippen LogP contribution in [0, 0.1) is 11.8 Å². The van der Waals surface area contributed by atoms with Crippen LogP contribution in [0.3, 0.4) is 0 Å². The standard InChI is InChI=1S/C13H24N2O/c1-4-15(9-12(8-14)11(2)3)10-13-6-5-7-16-13/h5-7,11-12H,4,8-10,14H2,1-3H3. The highest BCUT2D eigenvalue weighted by molar-refractivity contribution is 4.97. The van der Waals surface area contributed by atoms with E-state index in [-0.39, 0.29) is 0 Å². The molecule has 0 radical (unpaired) electrons. The molecule has 0 bridgehead atoms. The van der Waals surface area contributed by atoms with Crippen LogP contribution in [0.15, 0.2) is 22.8 Å². The third kappa shape index (κ3) is 3.99. The summed E-state index contributed by atoms with van der Waals surface area (Å²) in [5.41, 5.74) is 5.80. The lowest BCUT2D eigenvalue weighted by Crippen LogP contribution is -2.35. The summed E-state index contributed by atoms with van der Waals surface area (Å²) < 4.78 is 5.37. The van der Waals surface area contributed by atoms with Crippen LogP contribution in [0.2, 0.25) is 0 Å². The van der Waals surface area contributed by atoms with Gasteiger partial charge in [0.15, 0.2) is 0 Å². The van der Waals surface area contributed by atoms with Crippen LogP contribution in [0.1, 0.15) is 26.5 Å². The van der Waals surface area contributed by atoms with Crippen molar-refractivity contribution in [1.82, 2.24) is 4.90 Å². The number of hydrogen-bond donors (Lipinski definition) is 1. The lowest BCUT2D eigenvalue weighted by molar-refractivity contribution is 0.194. The van der Waals surface area contributed by atoms with Gasteiger partial charge in [0.1, 0.15) is 5.76 Å². The average molecular weight is 224 g/mol. The van der Waals surface area contributed by atoms with Gasteiger partial charge in [0.25, 0.3) is 0 Å². The van der Waals surface area contributed by atoms with E-state index in [1.54, 1.807) is 6.26 Å². The molecular formula is C13H24N2O. The topological polar surface area (TPSA) is 42.4 Å². The maximum Gasteiger partial charge on any atom is 0.117 e. The molecule has 0 aliphatic carbocycles. The molecule has 1 unspecified atom stereocenters. The monoisotopic (exact) mass is 224 g/mol. The first-order valence-electron chi connectivity index (χ1n) is 6.12.